The van der Waals surface area contributed by atoms with Gasteiger partial charge in [-0.3, -0.25) is 9.48 Å². The smallest absolute Gasteiger partial charge is 0.271 e. The molecule has 1 saturated carbocycles. The maximum absolute atomic E-state index is 12.5. The first-order valence-corrected chi connectivity index (χ1v) is 7.66. The van der Waals surface area contributed by atoms with E-state index in [2.05, 4.69) is 24.3 Å². The second-order valence-corrected chi connectivity index (χ2v) is 6.04. The molecule has 1 aliphatic rings. The minimum atomic E-state index is -0.0839. The van der Waals surface area contributed by atoms with Crippen molar-refractivity contribution in [2.24, 2.45) is 11.8 Å². The van der Waals surface area contributed by atoms with Gasteiger partial charge in [-0.25, -0.2) is 0 Å². The van der Waals surface area contributed by atoms with Crippen LogP contribution in [-0.4, -0.2) is 21.7 Å². The van der Waals surface area contributed by atoms with Gasteiger partial charge in [-0.05, 0) is 31.6 Å². The fraction of sp³-hybridized carbons (Fsp3) is 0.733. The Hall–Kier alpha value is -1.52. The van der Waals surface area contributed by atoms with Crippen molar-refractivity contribution in [3.63, 3.8) is 0 Å². The molecule has 20 heavy (non-hydrogen) atoms. The third-order valence-corrected chi connectivity index (χ3v) is 4.37. The van der Waals surface area contributed by atoms with Gasteiger partial charge in [-0.15, -0.1) is 0 Å². The number of nitrogens with one attached hydrogen (secondary N) is 1. The number of rotatable bonds is 4. The van der Waals surface area contributed by atoms with Gasteiger partial charge in [-0.1, -0.05) is 26.7 Å². The van der Waals surface area contributed by atoms with Gasteiger partial charge in [0, 0.05) is 12.6 Å². The van der Waals surface area contributed by atoms with Crippen molar-refractivity contribution >= 4 is 11.6 Å². The highest BCUT2D eigenvalue weighted by molar-refractivity contribution is 5.97. The third-order valence-electron chi connectivity index (χ3n) is 4.37. The fourth-order valence-electron chi connectivity index (χ4n) is 3.26. The second kappa shape index (κ2) is 6.29. The molecule has 0 saturated heterocycles. The lowest BCUT2D eigenvalue weighted by atomic mass is 9.78. The Morgan fingerprint density at radius 1 is 1.50 bits per heavy atom. The van der Waals surface area contributed by atoms with Gasteiger partial charge in [0.1, 0.15) is 5.69 Å². The molecular weight excluding hydrogens is 252 g/mol. The van der Waals surface area contributed by atoms with Crippen LogP contribution in [0.4, 0.5) is 5.69 Å². The summed E-state index contributed by atoms with van der Waals surface area (Å²) >= 11 is 0. The molecule has 1 amide bonds. The average Bonchev–Trinajstić information content (AvgIpc) is 2.80. The normalized spacial score (nSPS) is 23.0. The first-order chi connectivity index (χ1) is 9.54. The van der Waals surface area contributed by atoms with Crippen LogP contribution in [0.25, 0.3) is 0 Å². The molecule has 1 aromatic heterocycles. The van der Waals surface area contributed by atoms with E-state index >= 15 is 0 Å². The summed E-state index contributed by atoms with van der Waals surface area (Å²) in [5.41, 5.74) is 6.83. The van der Waals surface area contributed by atoms with Crippen LogP contribution < -0.4 is 11.1 Å². The Labute approximate surface area is 120 Å². The van der Waals surface area contributed by atoms with Gasteiger partial charge in [0.05, 0.1) is 11.9 Å². The zero-order chi connectivity index (χ0) is 14.7. The van der Waals surface area contributed by atoms with E-state index < -0.39 is 0 Å². The van der Waals surface area contributed by atoms with Crippen LogP contribution in [0.2, 0.25) is 0 Å². The highest BCUT2D eigenvalue weighted by atomic mass is 16.2. The predicted molar refractivity (Wildman–Crippen MR) is 80.4 cm³/mol. The van der Waals surface area contributed by atoms with Crippen LogP contribution in [-0.2, 0) is 6.54 Å². The van der Waals surface area contributed by atoms with Crippen molar-refractivity contribution in [3.8, 4) is 0 Å². The summed E-state index contributed by atoms with van der Waals surface area (Å²) in [6, 6.07) is 0.260. The minimum Gasteiger partial charge on any atom is -0.396 e. The standard InChI is InChI=1S/C15H26N4O/c1-4-19-14(12(16)9-17-19)15(20)18-13-8-6-5-7-11(13)10(2)3/h9-11,13H,4-8,16H2,1-3H3,(H,18,20). The largest absolute Gasteiger partial charge is 0.396 e. The predicted octanol–water partition coefficient (Wildman–Crippen LogP) is 2.43. The molecule has 2 unspecified atom stereocenters. The van der Waals surface area contributed by atoms with Crippen LogP contribution in [0.1, 0.15) is 56.9 Å². The van der Waals surface area contributed by atoms with Gasteiger partial charge < -0.3 is 11.1 Å². The molecule has 1 heterocycles. The summed E-state index contributed by atoms with van der Waals surface area (Å²) in [6.45, 7) is 7.08. The zero-order valence-corrected chi connectivity index (χ0v) is 12.7. The number of nitrogen functional groups attached to an aromatic ring is 1. The molecule has 3 N–H and O–H groups in total. The van der Waals surface area contributed by atoms with Crippen LogP contribution >= 0.6 is 0 Å². The van der Waals surface area contributed by atoms with Crippen molar-refractivity contribution < 1.29 is 4.79 Å². The molecule has 5 nitrogen and oxygen atoms in total. The quantitative estimate of drug-likeness (QED) is 0.888. The Bertz CT molecular complexity index is 466. The van der Waals surface area contributed by atoms with E-state index in [0.29, 0.717) is 29.8 Å². The number of hydrogen-bond donors (Lipinski definition) is 2. The number of nitrogens with zero attached hydrogens (tertiary/aromatic N) is 2. The molecule has 2 rings (SSSR count). The Morgan fingerprint density at radius 3 is 2.85 bits per heavy atom. The number of carbonyl (C=O) groups excluding carboxylic acids is 1. The van der Waals surface area contributed by atoms with Gasteiger partial charge in [-0.2, -0.15) is 5.10 Å². The third kappa shape index (κ3) is 2.97. The average molecular weight is 278 g/mol. The van der Waals surface area contributed by atoms with Crippen LogP contribution in [0.3, 0.4) is 0 Å². The summed E-state index contributed by atoms with van der Waals surface area (Å²) < 4.78 is 1.66. The van der Waals surface area contributed by atoms with Crippen molar-refractivity contribution in [1.29, 1.82) is 0 Å². The maximum Gasteiger partial charge on any atom is 0.271 e. The summed E-state index contributed by atoms with van der Waals surface area (Å²) in [7, 11) is 0. The molecule has 2 atom stereocenters. The van der Waals surface area contributed by atoms with E-state index in [-0.39, 0.29) is 11.9 Å². The number of nitrogens with two attached hydrogens (primary N) is 1. The molecule has 0 radical (unpaired) electrons. The Kier molecular flexibility index (Phi) is 4.68. The molecule has 1 aliphatic carbocycles. The number of amides is 1. The van der Waals surface area contributed by atoms with Crippen molar-refractivity contribution in [2.75, 3.05) is 5.73 Å². The SMILES string of the molecule is CCn1ncc(N)c1C(=O)NC1CCCCC1C(C)C. The summed E-state index contributed by atoms with van der Waals surface area (Å²) in [6.07, 6.45) is 6.28. The fourth-order valence-corrected chi connectivity index (χ4v) is 3.26. The first-order valence-electron chi connectivity index (χ1n) is 7.66. The first kappa shape index (κ1) is 14.9. The Morgan fingerprint density at radius 2 is 2.20 bits per heavy atom. The molecule has 0 bridgehead atoms. The van der Waals surface area contributed by atoms with Crippen molar-refractivity contribution in [1.82, 2.24) is 15.1 Å². The lowest BCUT2D eigenvalue weighted by Gasteiger charge is -2.34. The van der Waals surface area contributed by atoms with Gasteiger partial charge in [0.25, 0.3) is 5.91 Å². The van der Waals surface area contributed by atoms with Gasteiger partial charge in [0.15, 0.2) is 0 Å². The topological polar surface area (TPSA) is 72.9 Å². The number of aryl methyl sites for hydroxylation is 1. The number of aromatic nitrogens is 2. The lowest BCUT2D eigenvalue weighted by molar-refractivity contribution is 0.0879. The summed E-state index contributed by atoms with van der Waals surface area (Å²) in [5, 5.41) is 7.32. The van der Waals surface area contributed by atoms with E-state index in [0.717, 1.165) is 6.42 Å². The van der Waals surface area contributed by atoms with Crippen LogP contribution in [0, 0.1) is 11.8 Å². The van der Waals surface area contributed by atoms with E-state index in [1.165, 1.54) is 19.3 Å². The number of carbonyl (C=O) groups is 1. The van der Waals surface area contributed by atoms with Crippen LogP contribution in [0.15, 0.2) is 6.20 Å². The molecule has 5 heteroatoms. The summed E-state index contributed by atoms with van der Waals surface area (Å²) in [4.78, 5) is 12.5. The monoisotopic (exact) mass is 278 g/mol. The molecule has 0 aliphatic heterocycles. The highest BCUT2D eigenvalue weighted by Crippen LogP contribution is 2.30. The lowest BCUT2D eigenvalue weighted by Crippen LogP contribution is -2.44. The van der Waals surface area contributed by atoms with Crippen molar-refractivity contribution in [2.45, 2.75) is 59.0 Å². The van der Waals surface area contributed by atoms with Crippen LogP contribution in [0.5, 0.6) is 0 Å². The molecule has 112 valence electrons. The van der Waals surface area contributed by atoms with E-state index in [4.69, 9.17) is 5.73 Å². The number of hydrogen-bond acceptors (Lipinski definition) is 3. The maximum atomic E-state index is 12.5. The molecule has 0 spiro atoms. The minimum absolute atomic E-state index is 0.0839. The van der Waals surface area contributed by atoms with E-state index in [9.17, 15) is 4.79 Å². The zero-order valence-electron chi connectivity index (χ0n) is 12.7. The number of anilines is 1. The summed E-state index contributed by atoms with van der Waals surface area (Å²) in [5.74, 6) is 1.07. The molecule has 0 aromatic carbocycles. The Balaban J connectivity index is 2.11. The molecule has 1 fully saturated rings. The highest BCUT2D eigenvalue weighted by Gasteiger charge is 2.30. The molecule has 1 aromatic rings. The van der Waals surface area contributed by atoms with Crippen molar-refractivity contribution in [3.05, 3.63) is 11.9 Å². The van der Waals surface area contributed by atoms with Gasteiger partial charge >= 0.3 is 0 Å². The second-order valence-electron chi connectivity index (χ2n) is 6.04. The molecular formula is C15H26N4O. The van der Waals surface area contributed by atoms with E-state index in [1.54, 1.807) is 10.9 Å². The van der Waals surface area contributed by atoms with E-state index in [1.807, 2.05) is 6.92 Å². The van der Waals surface area contributed by atoms with Gasteiger partial charge in [0.2, 0.25) is 0 Å².